The first-order valence-corrected chi connectivity index (χ1v) is 12.5. The van der Waals surface area contributed by atoms with Gasteiger partial charge in [-0.05, 0) is 80.6 Å². The molecule has 2 aromatic carbocycles. The quantitative estimate of drug-likeness (QED) is 0.550. The molecule has 9 heteroatoms. The van der Waals surface area contributed by atoms with Crippen LogP contribution >= 0.6 is 0 Å². The fourth-order valence-electron chi connectivity index (χ4n) is 4.13. The summed E-state index contributed by atoms with van der Waals surface area (Å²) in [7, 11) is -3.65. The second kappa shape index (κ2) is 9.84. The highest BCUT2D eigenvalue weighted by molar-refractivity contribution is 7.89. The second-order valence-electron chi connectivity index (χ2n) is 8.40. The Morgan fingerprint density at radius 3 is 2.33 bits per heavy atom. The molecular formula is C24H27FN4O3S. The lowest BCUT2D eigenvalue weighted by Crippen LogP contribution is -2.41. The van der Waals surface area contributed by atoms with Gasteiger partial charge in [0, 0.05) is 24.4 Å². The van der Waals surface area contributed by atoms with E-state index >= 15 is 0 Å². The topological polar surface area (TPSA) is 93.1 Å². The van der Waals surface area contributed by atoms with Crippen LogP contribution in [0.5, 0.6) is 0 Å². The van der Waals surface area contributed by atoms with Gasteiger partial charge < -0.3 is 5.32 Å². The van der Waals surface area contributed by atoms with Crippen molar-refractivity contribution in [1.29, 1.82) is 0 Å². The van der Waals surface area contributed by atoms with Crippen LogP contribution in [0.1, 0.15) is 44.2 Å². The summed E-state index contributed by atoms with van der Waals surface area (Å²) in [6.07, 6.45) is 5.84. The summed E-state index contributed by atoms with van der Waals surface area (Å²) < 4.78 is 43.1. The van der Waals surface area contributed by atoms with Gasteiger partial charge in [0.1, 0.15) is 5.82 Å². The fourth-order valence-corrected chi connectivity index (χ4v) is 5.43. The Kier molecular flexibility index (Phi) is 6.90. The molecule has 1 aliphatic carbocycles. The lowest BCUT2D eigenvalue weighted by atomic mass is 9.85. The molecule has 0 unspecified atom stereocenters. The minimum absolute atomic E-state index is 0.0534. The van der Waals surface area contributed by atoms with Crippen LogP contribution in [0.3, 0.4) is 0 Å². The molecule has 2 N–H and O–H groups in total. The predicted octanol–water partition coefficient (Wildman–Crippen LogP) is 3.73. The van der Waals surface area contributed by atoms with Gasteiger partial charge in [-0.3, -0.25) is 4.79 Å². The van der Waals surface area contributed by atoms with Gasteiger partial charge in [0.25, 0.3) is 0 Å². The van der Waals surface area contributed by atoms with Gasteiger partial charge >= 0.3 is 0 Å². The number of carbonyl (C=O) groups is 1. The van der Waals surface area contributed by atoms with Gasteiger partial charge in [0.15, 0.2) is 0 Å². The molecule has 1 aromatic heterocycles. The van der Waals surface area contributed by atoms with E-state index in [1.807, 2.05) is 6.92 Å². The molecule has 1 aliphatic rings. The Bertz CT molecular complexity index is 1170. The van der Waals surface area contributed by atoms with E-state index in [2.05, 4.69) is 15.1 Å². The smallest absolute Gasteiger partial charge is 0.240 e. The number of rotatable bonds is 7. The van der Waals surface area contributed by atoms with Crippen LogP contribution in [0.15, 0.2) is 71.9 Å². The molecule has 1 fully saturated rings. The Morgan fingerprint density at radius 2 is 1.73 bits per heavy atom. The maximum atomic E-state index is 13.1. The SMILES string of the molecule is C[C@@H](NC(=O)C1CCC(NS(=O)(=O)c2ccc(-n3cccn3)cc2)CC1)c1ccc(F)cc1. The first-order chi connectivity index (χ1) is 15.8. The molecule has 0 saturated heterocycles. The average Bonchev–Trinajstić information content (AvgIpc) is 3.35. The summed E-state index contributed by atoms with van der Waals surface area (Å²) in [5.74, 6) is -0.531. The number of hydrogen-bond acceptors (Lipinski definition) is 4. The van der Waals surface area contributed by atoms with Crippen molar-refractivity contribution < 1.29 is 17.6 Å². The van der Waals surface area contributed by atoms with Gasteiger partial charge in [-0.1, -0.05) is 12.1 Å². The number of nitrogens with one attached hydrogen (secondary N) is 2. The van der Waals surface area contributed by atoms with Crippen molar-refractivity contribution in [2.24, 2.45) is 5.92 Å². The zero-order valence-corrected chi connectivity index (χ0v) is 19.1. The van der Waals surface area contributed by atoms with Crippen molar-refractivity contribution in [3.05, 3.63) is 78.4 Å². The van der Waals surface area contributed by atoms with E-state index in [1.54, 1.807) is 59.5 Å². The molecule has 3 aromatic rings. The molecule has 1 heterocycles. The van der Waals surface area contributed by atoms with E-state index in [0.29, 0.717) is 25.7 Å². The molecule has 4 rings (SSSR count). The Labute approximate surface area is 193 Å². The number of nitrogens with zero attached hydrogens (tertiary/aromatic N) is 2. The summed E-state index contributed by atoms with van der Waals surface area (Å²) >= 11 is 0. The summed E-state index contributed by atoms with van der Waals surface area (Å²) in [5.41, 5.74) is 1.62. The molecule has 7 nitrogen and oxygen atoms in total. The van der Waals surface area contributed by atoms with E-state index in [-0.39, 0.29) is 34.6 Å². The molecule has 174 valence electrons. The number of carbonyl (C=O) groups excluding carboxylic acids is 1. The van der Waals surface area contributed by atoms with E-state index < -0.39 is 10.0 Å². The zero-order valence-electron chi connectivity index (χ0n) is 18.3. The van der Waals surface area contributed by atoms with E-state index in [1.165, 1.54) is 12.1 Å². The summed E-state index contributed by atoms with van der Waals surface area (Å²) in [4.78, 5) is 12.9. The van der Waals surface area contributed by atoms with Gasteiger partial charge in [-0.25, -0.2) is 22.2 Å². The monoisotopic (exact) mass is 470 g/mol. The first kappa shape index (κ1) is 23.1. The van der Waals surface area contributed by atoms with Crippen molar-refractivity contribution in [1.82, 2.24) is 19.8 Å². The van der Waals surface area contributed by atoms with Crippen LogP contribution in [0, 0.1) is 11.7 Å². The van der Waals surface area contributed by atoms with Gasteiger partial charge in [0.05, 0.1) is 16.6 Å². The first-order valence-electron chi connectivity index (χ1n) is 11.0. The Balaban J connectivity index is 1.29. The van der Waals surface area contributed by atoms with Crippen molar-refractivity contribution in [2.75, 3.05) is 0 Å². The minimum Gasteiger partial charge on any atom is -0.349 e. The number of benzene rings is 2. The predicted molar refractivity (Wildman–Crippen MR) is 123 cm³/mol. The highest BCUT2D eigenvalue weighted by Crippen LogP contribution is 2.27. The molecule has 1 atom stereocenters. The van der Waals surface area contributed by atoms with E-state index in [0.717, 1.165) is 11.3 Å². The summed E-state index contributed by atoms with van der Waals surface area (Å²) in [6.45, 7) is 1.86. The molecule has 0 radical (unpaired) electrons. The van der Waals surface area contributed by atoms with Crippen LogP contribution in [-0.2, 0) is 14.8 Å². The molecule has 0 aliphatic heterocycles. The highest BCUT2D eigenvalue weighted by Gasteiger charge is 2.29. The van der Waals surface area contributed by atoms with Gasteiger partial charge in [-0.15, -0.1) is 0 Å². The fraction of sp³-hybridized carbons (Fsp3) is 0.333. The maximum absolute atomic E-state index is 13.1. The lowest BCUT2D eigenvalue weighted by molar-refractivity contribution is -0.126. The number of hydrogen-bond donors (Lipinski definition) is 2. The zero-order chi connectivity index (χ0) is 23.4. The van der Waals surface area contributed by atoms with Gasteiger partial charge in [0.2, 0.25) is 15.9 Å². The number of halogens is 1. The Hall–Kier alpha value is -3.04. The highest BCUT2D eigenvalue weighted by atomic mass is 32.2. The van der Waals surface area contributed by atoms with Crippen molar-refractivity contribution in [3.8, 4) is 5.69 Å². The van der Waals surface area contributed by atoms with Crippen LogP contribution in [0.4, 0.5) is 4.39 Å². The average molecular weight is 471 g/mol. The molecular weight excluding hydrogens is 443 g/mol. The number of aromatic nitrogens is 2. The molecule has 1 amide bonds. The van der Waals surface area contributed by atoms with E-state index in [4.69, 9.17) is 0 Å². The molecule has 0 spiro atoms. The summed E-state index contributed by atoms with van der Waals surface area (Å²) in [6, 6.07) is 14.0. The lowest BCUT2D eigenvalue weighted by Gasteiger charge is -2.29. The third kappa shape index (κ3) is 5.66. The standard InChI is InChI=1S/C24H27FN4O3S/c1-17(18-3-7-20(25)8-4-18)27-24(30)19-5-9-21(10-6-19)28-33(31,32)23-13-11-22(12-14-23)29-16-2-15-26-29/h2-4,7-8,11-17,19,21,28H,5-6,9-10H2,1H3,(H,27,30)/t17-,19?,21?/m1/s1. The van der Waals surface area contributed by atoms with E-state index in [9.17, 15) is 17.6 Å². The van der Waals surface area contributed by atoms with Crippen LogP contribution in [0.2, 0.25) is 0 Å². The van der Waals surface area contributed by atoms with Crippen molar-refractivity contribution in [3.63, 3.8) is 0 Å². The second-order valence-corrected chi connectivity index (χ2v) is 10.1. The number of sulfonamides is 1. The van der Waals surface area contributed by atoms with Crippen molar-refractivity contribution >= 4 is 15.9 Å². The minimum atomic E-state index is -3.65. The largest absolute Gasteiger partial charge is 0.349 e. The molecule has 0 bridgehead atoms. The molecule has 33 heavy (non-hydrogen) atoms. The van der Waals surface area contributed by atoms with Crippen LogP contribution in [-0.4, -0.2) is 30.1 Å². The van der Waals surface area contributed by atoms with Crippen molar-refractivity contribution in [2.45, 2.75) is 49.6 Å². The third-order valence-corrected chi connectivity index (χ3v) is 7.60. The molecule has 1 saturated carbocycles. The van der Waals surface area contributed by atoms with Crippen LogP contribution in [0.25, 0.3) is 5.69 Å². The third-order valence-electron chi connectivity index (χ3n) is 6.06. The normalized spacial score (nSPS) is 19.7. The van der Waals surface area contributed by atoms with Gasteiger partial charge in [-0.2, -0.15) is 5.10 Å². The Morgan fingerprint density at radius 1 is 1.06 bits per heavy atom. The summed E-state index contributed by atoms with van der Waals surface area (Å²) in [5, 5.41) is 7.12. The maximum Gasteiger partial charge on any atom is 0.240 e. The van der Waals surface area contributed by atoms with Crippen LogP contribution < -0.4 is 10.0 Å². The number of amides is 1.